The largest absolute Gasteiger partial charge is 0.342 e. The summed E-state index contributed by atoms with van der Waals surface area (Å²) in [5.74, 6) is 0.488. The summed E-state index contributed by atoms with van der Waals surface area (Å²) in [6.45, 7) is 9.00. The molecule has 2 aromatic heterocycles. The first-order chi connectivity index (χ1) is 13.2. The van der Waals surface area contributed by atoms with Crippen molar-refractivity contribution in [2.24, 2.45) is 11.3 Å². The Morgan fingerprint density at radius 2 is 2.00 bits per heavy atom. The highest BCUT2D eigenvalue weighted by Crippen LogP contribution is 2.28. The van der Waals surface area contributed by atoms with Crippen LogP contribution in [0, 0.1) is 11.3 Å². The summed E-state index contributed by atoms with van der Waals surface area (Å²) in [7, 11) is 0. The van der Waals surface area contributed by atoms with Crippen LogP contribution in [0.1, 0.15) is 46.2 Å². The van der Waals surface area contributed by atoms with Crippen LogP contribution in [0.3, 0.4) is 0 Å². The van der Waals surface area contributed by atoms with Crippen molar-refractivity contribution in [3.8, 4) is 10.6 Å². The fourth-order valence-electron chi connectivity index (χ4n) is 3.37. The van der Waals surface area contributed by atoms with Gasteiger partial charge < -0.3 is 10.2 Å². The summed E-state index contributed by atoms with van der Waals surface area (Å²) >= 11 is 1.37. The molecule has 1 atom stereocenters. The molecule has 0 aliphatic carbocycles. The molecule has 28 heavy (non-hydrogen) atoms. The van der Waals surface area contributed by atoms with Gasteiger partial charge in [0.05, 0.1) is 16.8 Å². The van der Waals surface area contributed by atoms with E-state index in [0.717, 1.165) is 48.6 Å². The molecule has 0 aromatic carbocycles. The highest BCUT2D eigenvalue weighted by molar-refractivity contribution is 7.19. The minimum Gasteiger partial charge on any atom is -0.342 e. The van der Waals surface area contributed by atoms with Crippen molar-refractivity contribution in [2.45, 2.75) is 47.0 Å². The Kier molecular flexibility index (Phi) is 6.07. The molecular weight excluding hydrogens is 374 g/mol. The standard InChI is InChI=1S/C20H27N5O2S/c1-13(26)24-19-23-11-17(28-19)16-10-21-15(9-22-16)8-14-6-5-7-25(12-14)18(27)20(2,3)4/h9-11,14H,5-8,12H2,1-4H3,(H,23,24,26)/t14-/m0/s1. The molecule has 0 radical (unpaired) electrons. The van der Waals surface area contributed by atoms with Crippen LogP contribution in [-0.2, 0) is 16.0 Å². The Morgan fingerprint density at radius 3 is 2.64 bits per heavy atom. The van der Waals surface area contributed by atoms with E-state index in [1.54, 1.807) is 18.6 Å². The summed E-state index contributed by atoms with van der Waals surface area (Å²) in [6.07, 6.45) is 8.20. The van der Waals surface area contributed by atoms with Crippen LogP contribution in [0.4, 0.5) is 5.13 Å². The maximum absolute atomic E-state index is 12.6. The lowest BCUT2D eigenvalue weighted by Gasteiger charge is -2.36. The number of carbonyl (C=O) groups is 2. The molecule has 1 aliphatic rings. The highest BCUT2D eigenvalue weighted by Gasteiger charge is 2.31. The van der Waals surface area contributed by atoms with Gasteiger partial charge in [0.15, 0.2) is 5.13 Å². The van der Waals surface area contributed by atoms with Gasteiger partial charge in [0.1, 0.15) is 5.69 Å². The maximum Gasteiger partial charge on any atom is 0.227 e. The number of carbonyl (C=O) groups excluding carboxylic acids is 2. The molecule has 1 N–H and O–H groups in total. The van der Waals surface area contributed by atoms with Crippen LogP contribution in [0.2, 0.25) is 0 Å². The fraction of sp³-hybridized carbons (Fsp3) is 0.550. The molecule has 2 aromatic rings. The topological polar surface area (TPSA) is 88.1 Å². The van der Waals surface area contributed by atoms with Crippen LogP contribution in [-0.4, -0.2) is 44.8 Å². The molecule has 0 unspecified atom stereocenters. The van der Waals surface area contributed by atoms with E-state index in [1.165, 1.54) is 18.3 Å². The predicted octanol–water partition coefficient (Wildman–Crippen LogP) is 3.39. The molecule has 1 saturated heterocycles. The van der Waals surface area contributed by atoms with Gasteiger partial charge in [0.25, 0.3) is 0 Å². The van der Waals surface area contributed by atoms with Crippen molar-refractivity contribution >= 4 is 28.3 Å². The number of nitrogens with one attached hydrogen (secondary N) is 1. The van der Waals surface area contributed by atoms with E-state index in [2.05, 4.69) is 20.3 Å². The molecule has 1 fully saturated rings. The van der Waals surface area contributed by atoms with Crippen molar-refractivity contribution in [2.75, 3.05) is 18.4 Å². The average Bonchev–Trinajstić information content (AvgIpc) is 3.09. The number of nitrogens with zero attached hydrogens (tertiary/aromatic N) is 4. The van der Waals surface area contributed by atoms with Gasteiger partial charge in [-0.2, -0.15) is 0 Å². The highest BCUT2D eigenvalue weighted by atomic mass is 32.1. The number of thiazole rings is 1. The number of hydrogen-bond donors (Lipinski definition) is 1. The minimum absolute atomic E-state index is 0.145. The normalized spacial score (nSPS) is 17.4. The molecule has 150 valence electrons. The van der Waals surface area contributed by atoms with E-state index in [0.29, 0.717) is 11.0 Å². The van der Waals surface area contributed by atoms with Gasteiger partial charge in [-0.1, -0.05) is 32.1 Å². The Morgan fingerprint density at radius 1 is 1.21 bits per heavy atom. The molecule has 0 spiro atoms. The van der Waals surface area contributed by atoms with Crippen molar-refractivity contribution < 1.29 is 9.59 Å². The number of aromatic nitrogens is 3. The summed E-state index contributed by atoms with van der Waals surface area (Å²) in [6, 6.07) is 0. The van der Waals surface area contributed by atoms with Gasteiger partial charge in [-0.3, -0.25) is 19.6 Å². The Bertz CT molecular complexity index is 841. The molecule has 3 rings (SSSR count). The van der Waals surface area contributed by atoms with Crippen molar-refractivity contribution in [3.05, 3.63) is 24.3 Å². The summed E-state index contributed by atoms with van der Waals surface area (Å²) in [5.41, 5.74) is 1.34. The van der Waals surface area contributed by atoms with Gasteiger partial charge in [-0.15, -0.1) is 0 Å². The van der Waals surface area contributed by atoms with Gasteiger partial charge in [0, 0.05) is 37.8 Å². The lowest BCUT2D eigenvalue weighted by molar-refractivity contribution is -0.141. The summed E-state index contributed by atoms with van der Waals surface area (Å²) in [5, 5.41) is 3.23. The quantitative estimate of drug-likeness (QED) is 0.848. The first-order valence-corrected chi connectivity index (χ1v) is 10.4. The molecule has 2 amide bonds. The van der Waals surface area contributed by atoms with Gasteiger partial charge >= 0.3 is 0 Å². The Labute approximate surface area is 169 Å². The second kappa shape index (κ2) is 8.34. The van der Waals surface area contributed by atoms with Gasteiger partial charge in [-0.05, 0) is 25.2 Å². The van der Waals surface area contributed by atoms with E-state index in [1.807, 2.05) is 25.7 Å². The third-order valence-corrected chi connectivity index (χ3v) is 5.63. The van der Waals surface area contributed by atoms with Crippen LogP contribution in [0.15, 0.2) is 18.6 Å². The molecule has 3 heterocycles. The van der Waals surface area contributed by atoms with Gasteiger partial charge in [-0.25, -0.2) is 4.98 Å². The first-order valence-electron chi connectivity index (χ1n) is 9.56. The van der Waals surface area contributed by atoms with Crippen molar-refractivity contribution in [1.82, 2.24) is 19.9 Å². The number of hydrogen-bond acceptors (Lipinski definition) is 6. The number of amides is 2. The zero-order chi connectivity index (χ0) is 20.3. The number of likely N-dealkylation sites (tertiary alicyclic amines) is 1. The second-order valence-corrected chi connectivity index (χ2v) is 9.35. The Balaban J connectivity index is 1.62. The first kappa shape index (κ1) is 20.4. The third kappa shape index (κ3) is 5.13. The van der Waals surface area contributed by atoms with E-state index in [9.17, 15) is 9.59 Å². The van der Waals surface area contributed by atoms with E-state index >= 15 is 0 Å². The smallest absolute Gasteiger partial charge is 0.227 e. The fourth-order valence-corrected chi connectivity index (χ4v) is 4.20. The molecule has 1 aliphatic heterocycles. The Hall–Kier alpha value is -2.35. The van der Waals surface area contributed by atoms with Crippen LogP contribution in [0.5, 0.6) is 0 Å². The zero-order valence-corrected chi connectivity index (χ0v) is 17.7. The summed E-state index contributed by atoms with van der Waals surface area (Å²) in [4.78, 5) is 39.8. The van der Waals surface area contributed by atoms with E-state index < -0.39 is 0 Å². The van der Waals surface area contributed by atoms with Crippen molar-refractivity contribution in [3.63, 3.8) is 0 Å². The maximum atomic E-state index is 12.6. The lowest BCUT2D eigenvalue weighted by atomic mass is 9.89. The molecule has 0 bridgehead atoms. The number of rotatable bonds is 4. The minimum atomic E-state index is -0.339. The lowest BCUT2D eigenvalue weighted by Crippen LogP contribution is -2.45. The van der Waals surface area contributed by atoms with E-state index in [-0.39, 0.29) is 17.2 Å². The van der Waals surface area contributed by atoms with Gasteiger partial charge in [0.2, 0.25) is 11.8 Å². The second-order valence-electron chi connectivity index (χ2n) is 8.32. The number of piperidine rings is 1. The SMILES string of the molecule is CC(=O)Nc1ncc(-c2cnc(C[C@@H]3CCCN(C(=O)C(C)(C)C)C3)cn2)s1. The van der Waals surface area contributed by atoms with E-state index in [4.69, 9.17) is 0 Å². The molecule has 7 nitrogen and oxygen atoms in total. The van der Waals surface area contributed by atoms with Crippen LogP contribution >= 0.6 is 11.3 Å². The van der Waals surface area contributed by atoms with Crippen LogP contribution in [0.25, 0.3) is 10.6 Å². The summed E-state index contributed by atoms with van der Waals surface area (Å²) < 4.78 is 0. The third-order valence-electron chi connectivity index (χ3n) is 4.69. The molecule has 8 heteroatoms. The monoisotopic (exact) mass is 401 g/mol. The van der Waals surface area contributed by atoms with Crippen LogP contribution < -0.4 is 5.32 Å². The molecule has 0 saturated carbocycles. The average molecular weight is 402 g/mol. The molecular formula is C20H27N5O2S. The zero-order valence-electron chi connectivity index (χ0n) is 16.9. The number of anilines is 1. The predicted molar refractivity (Wildman–Crippen MR) is 110 cm³/mol. The van der Waals surface area contributed by atoms with Crippen molar-refractivity contribution in [1.29, 1.82) is 0 Å².